The van der Waals surface area contributed by atoms with E-state index in [0.29, 0.717) is 0 Å². The van der Waals surface area contributed by atoms with Gasteiger partial charge in [-0.15, -0.1) is 0 Å². The molecule has 0 unspecified atom stereocenters. The van der Waals surface area contributed by atoms with Gasteiger partial charge in [-0.2, -0.15) is 0 Å². The quantitative estimate of drug-likeness (QED) is 0.653. The molecule has 144 valence electrons. The fraction of sp³-hybridized carbons (Fsp3) is 0.231. The van der Waals surface area contributed by atoms with Crippen molar-refractivity contribution in [3.63, 3.8) is 0 Å². The first kappa shape index (κ1) is 19.8. The zero-order chi connectivity index (χ0) is 19.9. The first-order valence-electron chi connectivity index (χ1n) is 10.1. The highest BCUT2D eigenvalue weighted by Gasteiger charge is 2.08. The third-order valence-corrected chi connectivity index (χ3v) is 5.08. The molecule has 0 bridgehead atoms. The number of benzene rings is 3. The van der Waals surface area contributed by atoms with Crippen molar-refractivity contribution in [3.8, 4) is 0 Å². The van der Waals surface area contributed by atoms with Gasteiger partial charge in [-0.3, -0.25) is 0 Å². The number of hydrogen-bond donors (Lipinski definition) is 1. The second kappa shape index (κ2) is 9.27. The minimum atomic E-state index is 0.924. The lowest BCUT2D eigenvalue weighted by Crippen LogP contribution is -2.21. The van der Waals surface area contributed by atoms with Gasteiger partial charge < -0.3 is 10.2 Å². The van der Waals surface area contributed by atoms with Crippen LogP contribution in [-0.2, 0) is 0 Å². The smallest absolute Gasteiger partial charge is 0.0366 e. The van der Waals surface area contributed by atoms with Gasteiger partial charge in [-0.05, 0) is 72.2 Å². The lowest BCUT2D eigenvalue weighted by Gasteiger charge is -2.21. The Balaban J connectivity index is 2.11. The van der Waals surface area contributed by atoms with E-state index in [1.807, 2.05) is 0 Å². The van der Waals surface area contributed by atoms with Crippen LogP contribution >= 0.6 is 0 Å². The molecule has 2 nitrogen and oxygen atoms in total. The highest BCUT2D eigenvalue weighted by atomic mass is 15.1. The molecule has 0 aliphatic carbocycles. The molecule has 2 heteroatoms. The molecule has 3 aromatic rings. The van der Waals surface area contributed by atoms with Crippen LogP contribution in [0.3, 0.4) is 0 Å². The summed E-state index contributed by atoms with van der Waals surface area (Å²) in [5.41, 5.74) is 6.10. The summed E-state index contributed by atoms with van der Waals surface area (Å²) >= 11 is 0. The fourth-order valence-electron chi connectivity index (χ4n) is 3.56. The van der Waals surface area contributed by atoms with Crippen molar-refractivity contribution in [1.82, 2.24) is 0 Å². The molecule has 28 heavy (non-hydrogen) atoms. The number of hydrogen-bond acceptors (Lipinski definition) is 2. The Morgan fingerprint density at radius 1 is 0.750 bits per heavy atom. The van der Waals surface area contributed by atoms with Gasteiger partial charge in [0.25, 0.3) is 0 Å². The maximum atomic E-state index is 4.03. The minimum Gasteiger partial charge on any atom is -0.385 e. The minimum absolute atomic E-state index is 0.924. The molecule has 0 fully saturated rings. The summed E-state index contributed by atoms with van der Waals surface area (Å²) in [6, 6.07) is 26.1. The Kier molecular flexibility index (Phi) is 6.54. The highest BCUT2D eigenvalue weighted by molar-refractivity contribution is 5.80. The van der Waals surface area contributed by atoms with Gasteiger partial charge >= 0.3 is 0 Å². The van der Waals surface area contributed by atoms with Crippen LogP contribution in [0.4, 0.5) is 11.4 Å². The van der Waals surface area contributed by atoms with Crippen LogP contribution in [0, 0.1) is 0 Å². The molecule has 0 amide bonds. The Bertz CT molecular complexity index is 974. The van der Waals surface area contributed by atoms with Crippen LogP contribution < -0.4 is 20.7 Å². The Hall–Kier alpha value is -3.00. The summed E-state index contributed by atoms with van der Waals surface area (Å²) < 4.78 is 0. The standard InChI is InChI=1S/C26H30N2/c1-5-27-24-16-12-22(13-17-24)26(21-10-8-20(4)9-11-21)23-14-18-25(19-15-23)28(6-2)7-3/h8-19,27H,4-7H2,1-3H3. The second-order valence-electron chi connectivity index (χ2n) is 6.90. The number of anilines is 2. The number of nitrogens with one attached hydrogen (secondary N) is 1. The summed E-state index contributed by atoms with van der Waals surface area (Å²) in [4.78, 5) is 2.37. The van der Waals surface area contributed by atoms with E-state index < -0.39 is 0 Å². The average molecular weight is 371 g/mol. The lowest BCUT2D eigenvalue weighted by molar-refractivity contribution is 0.866. The third kappa shape index (κ3) is 4.45. The van der Waals surface area contributed by atoms with Crippen molar-refractivity contribution in [2.75, 3.05) is 29.9 Å². The van der Waals surface area contributed by atoms with Crippen molar-refractivity contribution in [2.45, 2.75) is 20.8 Å². The number of nitrogens with zero attached hydrogens (tertiary/aromatic N) is 1. The first-order chi connectivity index (χ1) is 13.7. The van der Waals surface area contributed by atoms with Gasteiger partial charge in [0.2, 0.25) is 0 Å². The van der Waals surface area contributed by atoms with Crippen molar-refractivity contribution >= 4 is 23.5 Å². The van der Waals surface area contributed by atoms with Gasteiger partial charge in [-0.25, -0.2) is 0 Å². The average Bonchev–Trinajstić information content (AvgIpc) is 2.73. The maximum Gasteiger partial charge on any atom is 0.0366 e. The summed E-state index contributed by atoms with van der Waals surface area (Å²) in [7, 11) is 0. The highest BCUT2D eigenvalue weighted by Crippen LogP contribution is 2.25. The monoisotopic (exact) mass is 370 g/mol. The van der Waals surface area contributed by atoms with Gasteiger partial charge in [0.15, 0.2) is 0 Å². The summed E-state index contributed by atoms with van der Waals surface area (Å²) in [5, 5.41) is 5.61. The Labute approximate surface area is 168 Å². The van der Waals surface area contributed by atoms with Crippen LogP contribution in [0.2, 0.25) is 0 Å². The summed E-state index contributed by atoms with van der Waals surface area (Å²) in [5.74, 6) is 0. The van der Waals surface area contributed by atoms with Crippen molar-refractivity contribution in [2.24, 2.45) is 0 Å². The van der Waals surface area contributed by atoms with Crippen LogP contribution in [0.1, 0.15) is 31.9 Å². The summed E-state index contributed by atoms with van der Waals surface area (Å²) in [6.45, 7) is 13.5. The van der Waals surface area contributed by atoms with Crippen molar-refractivity contribution in [3.05, 3.63) is 94.4 Å². The molecule has 0 saturated carbocycles. The van der Waals surface area contributed by atoms with Gasteiger partial charge in [0.05, 0.1) is 0 Å². The van der Waals surface area contributed by atoms with Gasteiger partial charge in [0.1, 0.15) is 0 Å². The maximum absolute atomic E-state index is 4.03. The van der Waals surface area contributed by atoms with Crippen LogP contribution in [0.25, 0.3) is 12.2 Å². The normalized spacial score (nSPS) is 10.5. The SMILES string of the molecule is C=c1ccc(=C(c2ccc(NCC)cc2)c2ccc(N(CC)CC)cc2)cc1. The van der Waals surface area contributed by atoms with Crippen molar-refractivity contribution in [1.29, 1.82) is 0 Å². The molecule has 3 aromatic carbocycles. The number of rotatable bonds is 7. The topological polar surface area (TPSA) is 15.3 Å². The molecule has 1 N–H and O–H groups in total. The Morgan fingerprint density at radius 3 is 1.79 bits per heavy atom. The molecule has 3 rings (SSSR count). The van der Waals surface area contributed by atoms with E-state index in [4.69, 9.17) is 0 Å². The zero-order valence-corrected chi connectivity index (χ0v) is 17.2. The molecule has 0 radical (unpaired) electrons. The first-order valence-corrected chi connectivity index (χ1v) is 10.1. The fourth-order valence-corrected chi connectivity index (χ4v) is 3.56. The van der Waals surface area contributed by atoms with E-state index in [0.717, 1.165) is 30.5 Å². The van der Waals surface area contributed by atoms with Crippen LogP contribution in [-0.4, -0.2) is 19.6 Å². The lowest BCUT2D eigenvalue weighted by atomic mass is 9.95. The molecular weight excluding hydrogens is 340 g/mol. The molecule has 0 spiro atoms. The molecule has 0 heterocycles. The van der Waals surface area contributed by atoms with Crippen LogP contribution in [0.15, 0.2) is 72.8 Å². The van der Waals surface area contributed by atoms with E-state index in [1.165, 1.54) is 27.6 Å². The third-order valence-electron chi connectivity index (χ3n) is 5.08. The van der Waals surface area contributed by atoms with E-state index in [2.05, 4.69) is 110 Å². The summed E-state index contributed by atoms with van der Waals surface area (Å²) in [6.07, 6.45) is 0. The van der Waals surface area contributed by atoms with Gasteiger partial charge in [0, 0.05) is 31.0 Å². The van der Waals surface area contributed by atoms with E-state index in [9.17, 15) is 0 Å². The van der Waals surface area contributed by atoms with E-state index >= 15 is 0 Å². The predicted octanol–water partition coefficient (Wildman–Crippen LogP) is 4.62. The molecule has 0 aliphatic rings. The molecule has 0 aromatic heterocycles. The van der Waals surface area contributed by atoms with E-state index in [-0.39, 0.29) is 0 Å². The molecular formula is C26H30N2. The van der Waals surface area contributed by atoms with Crippen molar-refractivity contribution < 1.29 is 0 Å². The largest absolute Gasteiger partial charge is 0.385 e. The van der Waals surface area contributed by atoms with Crippen LogP contribution in [0.5, 0.6) is 0 Å². The van der Waals surface area contributed by atoms with Gasteiger partial charge in [-0.1, -0.05) is 55.1 Å². The second-order valence-corrected chi connectivity index (χ2v) is 6.90. The predicted molar refractivity (Wildman–Crippen MR) is 123 cm³/mol. The van der Waals surface area contributed by atoms with E-state index in [1.54, 1.807) is 0 Å². The molecule has 0 saturated heterocycles. The Morgan fingerprint density at radius 2 is 1.29 bits per heavy atom. The molecule has 0 atom stereocenters. The molecule has 0 aliphatic heterocycles. The zero-order valence-electron chi connectivity index (χ0n) is 17.2.